The van der Waals surface area contributed by atoms with Gasteiger partial charge in [0.1, 0.15) is 41.7 Å². The summed E-state index contributed by atoms with van der Waals surface area (Å²) in [5, 5.41) is 58.3. The molecule has 0 aliphatic carbocycles. The molecule has 6 N–H and O–H groups in total. The number of carbonyl (C=O) groups excluding carboxylic acids is 1. The summed E-state index contributed by atoms with van der Waals surface area (Å²) in [6.07, 6.45) is -6.96. The number of rotatable bonds is 7. The predicted octanol–water partition coefficient (Wildman–Crippen LogP) is 0.0920. The lowest BCUT2D eigenvalue weighted by molar-refractivity contribution is -0.277. The summed E-state index contributed by atoms with van der Waals surface area (Å²) in [5.74, 6) is -0.443. The molecule has 3 rings (SSSR count). The first-order valence-corrected chi connectivity index (χ1v) is 9.41. The number of ketones is 1. The van der Waals surface area contributed by atoms with Gasteiger partial charge in [-0.1, -0.05) is 12.1 Å². The number of phenolic OH excluding ortho intramolecular Hbond substituents is 2. The van der Waals surface area contributed by atoms with E-state index in [2.05, 4.69) is 0 Å². The zero-order valence-electron chi connectivity index (χ0n) is 16.0. The topological polar surface area (TPSA) is 157 Å². The van der Waals surface area contributed by atoms with E-state index in [1.165, 1.54) is 30.3 Å². The van der Waals surface area contributed by atoms with Crippen molar-refractivity contribution in [2.75, 3.05) is 6.61 Å². The van der Waals surface area contributed by atoms with Gasteiger partial charge in [0, 0.05) is 12.5 Å². The summed E-state index contributed by atoms with van der Waals surface area (Å²) in [5.41, 5.74) is 0.972. The number of hydrogen-bond acceptors (Lipinski definition) is 9. The number of aliphatic hydroxyl groups excluding tert-OH is 4. The molecule has 9 nitrogen and oxygen atoms in total. The van der Waals surface area contributed by atoms with Crippen LogP contribution in [-0.2, 0) is 11.2 Å². The lowest BCUT2D eigenvalue weighted by Crippen LogP contribution is -2.60. The number of aryl methyl sites for hydroxylation is 1. The lowest BCUT2D eigenvalue weighted by atomic mass is 9.99. The Morgan fingerprint density at radius 1 is 0.933 bits per heavy atom. The number of carbonyl (C=O) groups is 1. The van der Waals surface area contributed by atoms with E-state index in [9.17, 15) is 35.4 Å². The van der Waals surface area contributed by atoms with Crippen LogP contribution in [-0.4, -0.2) is 73.7 Å². The van der Waals surface area contributed by atoms with Gasteiger partial charge in [-0.25, -0.2) is 0 Å². The van der Waals surface area contributed by atoms with Gasteiger partial charge in [-0.2, -0.15) is 0 Å². The second kappa shape index (κ2) is 9.41. The number of aromatic hydroxyl groups is 2. The summed E-state index contributed by atoms with van der Waals surface area (Å²) in [6.45, 7) is -0.622. The van der Waals surface area contributed by atoms with Gasteiger partial charge in [-0.05, 0) is 36.2 Å². The van der Waals surface area contributed by atoms with Crippen LogP contribution in [0.2, 0.25) is 0 Å². The van der Waals surface area contributed by atoms with Crippen molar-refractivity contribution in [2.24, 2.45) is 0 Å². The van der Waals surface area contributed by atoms with Gasteiger partial charge in [0.2, 0.25) is 6.29 Å². The Kier molecular flexibility index (Phi) is 6.91. The second-order valence-electron chi connectivity index (χ2n) is 7.09. The van der Waals surface area contributed by atoms with E-state index in [0.717, 1.165) is 5.56 Å². The third kappa shape index (κ3) is 4.89. The van der Waals surface area contributed by atoms with Crippen LogP contribution in [0.1, 0.15) is 22.3 Å². The molecule has 0 unspecified atom stereocenters. The maximum Gasteiger partial charge on any atom is 0.229 e. The smallest absolute Gasteiger partial charge is 0.229 e. The molecular weight excluding hydrogens is 396 g/mol. The van der Waals surface area contributed by atoms with Crippen LogP contribution >= 0.6 is 0 Å². The van der Waals surface area contributed by atoms with E-state index in [1.807, 2.05) is 0 Å². The molecule has 2 aromatic rings. The van der Waals surface area contributed by atoms with Crippen molar-refractivity contribution in [3.8, 4) is 17.2 Å². The SMILES string of the molecule is O=C(CCc1ccc(O)cc1)c1ccc(O)cc1O[C@@H]1O[C@H](CO)[C@@H](O)[C@H](O)[C@H]1O. The Morgan fingerprint density at radius 2 is 1.60 bits per heavy atom. The minimum Gasteiger partial charge on any atom is -0.508 e. The van der Waals surface area contributed by atoms with Gasteiger partial charge in [-0.15, -0.1) is 0 Å². The minimum absolute atomic E-state index is 0.0740. The first kappa shape index (κ1) is 22.0. The zero-order chi connectivity index (χ0) is 21.8. The van der Waals surface area contributed by atoms with Gasteiger partial charge in [-0.3, -0.25) is 4.79 Å². The lowest BCUT2D eigenvalue weighted by Gasteiger charge is -2.39. The first-order chi connectivity index (χ1) is 14.3. The molecule has 0 bridgehead atoms. The van der Waals surface area contributed by atoms with Crippen LogP contribution in [0.5, 0.6) is 17.2 Å². The van der Waals surface area contributed by atoms with E-state index in [4.69, 9.17) is 9.47 Å². The highest BCUT2D eigenvalue weighted by Gasteiger charge is 2.45. The average molecular weight is 420 g/mol. The number of benzene rings is 2. The van der Waals surface area contributed by atoms with Crippen molar-refractivity contribution in [3.63, 3.8) is 0 Å². The molecule has 1 fully saturated rings. The fourth-order valence-electron chi connectivity index (χ4n) is 3.18. The molecule has 0 spiro atoms. The molecule has 5 atom stereocenters. The highest BCUT2D eigenvalue weighted by molar-refractivity contribution is 5.99. The van der Waals surface area contributed by atoms with Crippen molar-refractivity contribution in [1.29, 1.82) is 0 Å². The van der Waals surface area contributed by atoms with Crippen LogP contribution in [0, 0.1) is 0 Å². The average Bonchev–Trinajstić information content (AvgIpc) is 2.73. The van der Waals surface area contributed by atoms with Gasteiger partial charge in [0.25, 0.3) is 0 Å². The van der Waals surface area contributed by atoms with Gasteiger partial charge >= 0.3 is 0 Å². The Hall–Kier alpha value is -2.69. The molecule has 0 aromatic heterocycles. The minimum atomic E-state index is -1.65. The van der Waals surface area contributed by atoms with E-state index < -0.39 is 37.3 Å². The quantitative estimate of drug-likeness (QED) is 0.342. The maximum absolute atomic E-state index is 12.7. The molecule has 30 heavy (non-hydrogen) atoms. The summed E-state index contributed by atoms with van der Waals surface area (Å²) in [6, 6.07) is 10.3. The van der Waals surface area contributed by atoms with Crippen molar-refractivity contribution in [2.45, 2.75) is 43.5 Å². The summed E-state index contributed by atoms with van der Waals surface area (Å²) in [7, 11) is 0. The van der Waals surface area contributed by atoms with E-state index >= 15 is 0 Å². The standard InChI is InChI=1S/C21H24O9/c22-10-17-18(26)19(27)20(28)21(30-17)29-16-9-13(24)6-7-14(16)15(25)8-3-11-1-4-12(23)5-2-11/h1-2,4-7,9,17-24,26-28H,3,8,10H2/t17-,18-,19+,20-,21-/m1/s1. The fourth-order valence-corrected chi connectivity index (χ4v) is 3.18. The van der Waals surface area contributed by atoms with Gasteiger partial charge < -0.3 is 40.1 Å². The number of ether oxygens (including phenoxy) is 2. The Balaban J connectivity index is 1.76. The van der Waals surface area contributed by atoms with E-state index in [0.29, 0.717) is 6.42 Å². The predicted molar refractivity (Wildman–Crippen MR) is 103 cm³/mol. The highest BCUT2D eigenvalue weighted by atomic mass is 16.7. The second-order valence-corrected chi connectivity index (χ2v) is 7.09. The van der Waals surface area contributed by atoms with Crippen molar-refractivity contribution in [3.05, 3.63) is 53.6 Å². The summed E-state index contributed by atoms with van der Waals surface area (Å²) in [4.78, 5) is 12.7. The summed E-state index contributed by atoms with van der Waals surface area (Å²) < 4.78 is 10.9. The van der Waals surface area contributed by atoms with Crippen LogP contribution in [0.15, 0.2) is 42.5 Å². The zero-order valence-corrected chi connectivity index (χ0v) is 16.0. The molecule has 1 saturated heterocycles. The molecule has 1 aliphatic rings. The molecule has 162 valence electrons. The molecule has 1 heterocycles. The molecule has 0 saturated carbocycles. The van der Waals surface area contributed by atoms with Crippen molar-refractivity contribution < 1.29 is 44.9 Å². The van der Waals surface area contributed by atoms with Crippen LogP contribution < -0.4 is 4.74 Å². The largest absolute Gasteiger partial charge is 0.508 e. The first-order valence-electron chi connectivity index (χ1n) is 9.41. The third-order valence-electron chi connectivity index (χ3n) is 4.93. The van der Waals surface area contributed by atoms with Crippen LogP contribution in [0.4, 0.5) is 0 Å². The molecule has 0 radical (unpaired) electrons. The maximum atomic E-state index is 12.7. The van der Waals surface area contributed by atoms with Crippen LogP contribution in [0.3, 0.4) is 0 Å². The third-order valence-corrected chi connectivity index (χ3v) is 4.93. The molecular formula is C21H24O9. The Morgan fingerprint density at radius 3 is 2.27 bits per heavy atom. The number of aliphatic hydroxyl groups is 4. The van der Waals surface area contributed by atoms with E-state index in [1.54, 1.807) is 12.1 Å². The number of hydrogen-bond donors (Lipinski definition) is 6. The Labute approximate surface area is 172 Å². The van der Waals surface area contributed by atoms with Gasteiger partial charge in [0.05, 0.1) is 12.2 Å². The Bertz CT molecular complexity index is 865. The normalized spacial score (nSPS) is 26.3. The fraction of sp³-hybridized carbons (Fsp3) is 0.381. The summed E-state index contributed by atoms with van der Waals surface area (Å²) >= 11 is 0. The van der Waals surface area contributed by atoms with Gasteiger partial charge in [0.15, 0.2) is 5.78 Å². The molecule has 9 heteroatoms. The number of phenols is 2. The number of Topliss-reactive ketones (excluding diaryl/α,β-unsaturated/α-hetero) is 1. The monoisotopic (exact) mass is 420 g/mol. The molecule has 1 aliphatic heterocycles. The van der Waals surface area contributed by atoms with Crippen molar-refractivity contribution >= 4 is 5.78 Å². The molecule has 2 aromatic carbocycles. The highest BCUT2D eigenvalue weighted by Crippen LogP contribution is 2.30. The van der Waals surface area contributed by atoms with Crippen LogP contribution in [0.25, 0.3) is 0 Å². The van der Waals surface area contributed by atoms with E-state index in [-0.39, 0.29) is 35.0 Å². The van der Waals surface area contributed by atoms with Crippen molar-refractivity contribution in [1.82, 2.24) is 0 Å². The molecule has 0 amide bonds.